The summed E-state index contributed by atoms with van der Waals surface area (Å²) in [7, 11) is 0. The van der Waals surface area contributed by atoms with Crippen molar-refractivity contribution in [3.63, 3.8) is 0 Å². The molecular formula is C40H38ClN5O4. The van der Waals surface area contributed by atoms with E-state index in [2.05, 4.69) is 15.6 Å². The zero-order valence-corrected chi connectivity index (χ0v) is 28.3. The van der Waals surface area contributed by atoms with Crippen LogP contribution in [0.4, 0.5) is 11.4 Å². The molecule has 2 saturated heterocycles. The third-order valence-electron chi connectivity index (χ3n) is 9.59. The number of nitrogens with one attached hydrogen (secondary N) is 3. The van der Waals surface area contributed by atoms with E-state index >= 15 is 0 Å². The quantitative estimate of drug-likeness (QED) is 0.158. The summed E-state index contributed by atoms with van der Waals surface area (Å²) in [5, 5.41) is 7.24. The van der Waals surface area contributed by atoms with Gasteiger partial charge in [-0.15, -0.1) is 0 Å². The average molecular weight is 688 g/mol. The molecule has 2 fully saturated rings. The first kappa shape index (κ1) is 33.1. The Morgan fingerprint density at radius 3 is 1.70 bits per heavy atom. The molecule has 254 valence electrons. The van der Waals surface area contributed by atoms with Gasteiger partial charge in [-0.05, 0) is 72.7 Å². The van der Waals surface area contributed by atoms with E-state index in [1.54, 1.807) is 9.80 Å². The molecule has 0 radical (unpaired) electrons. The van der Waals surface area contributed by atoms with Crippen molar-refractivity contribution in [2.24, 2.45) is 0 Å². The number of fused-ring (bicyclic) bond motifs is 1. The Balaban J connectivity index is 0.991. The van der Waals surface area contributed by atoms with Crippen molar-refractivity contribution in [1.82, 2.24) is 14.8 Å². The van der Waals surface area contributed by atoms with Gasteiger partial charge in [0.05, 0.1) is 23.6 Å². The molecule has 2 atom stereocenters. The molecule has 10 heteroatoms. The smallest absolute Gasteiger partial charge is 0.247 e. The summed E-state index contributed by atoms with van der Waals surface area (Å²) in [5.41, 5.74) is 5.43. The van der Waals surface area contributed by atoms with Crippen LogP contribution in [0.5, 0.6) is 0 Å². The fourth-order valence-electron chi connectivity index (χ4n) is 7.03. The van der Waals surface area contributed by atoms with E-state index in [9.17, 15) is 19.2 Å². The summed E-state index contributed by atoms with van der Waals surface area (Å²) >= 11 is 6.88. The first-order valence-corrected chi connectivity index (χ1v) is 17.4. The summed E-state index contributed by atoms with van der Waals surface area (Å²) in [5.74, 6) is -0.511. The van der Waals surface area contributed by atoms with Gasteiger partial charge in [-0.2, -0.15) is 0 Å². The first-order valence-electron chi connectivity index (χ1n) is 17.0. The third-order valence-corrected chi connectivity index (χ3v) is 9.98. The van der Waals surface area contributed by atoms with Gasteiger partial charge in [-0.3, -0.25) is 19.2 Å². The lowest BCUT2D eigenvalue weighted by Crippen LogP contribution is -2.43. The van der Waals surface area contributed by atoms with Gasteiger partial charge >= 0.3 is 0 Å². The number of benzene rings is 4. The van der Waals surface area contributed by atoms with Crippen molar-refractivity contribution in [3.8, 4) is 11.3 Å². The maximum absolute atomic E-state index is 13.4. The van der Waals surface area contributed by atoms with E-state index in [-0.39, 0.29) is 36.5 Å². The molecule has 5 aromatic rings. The molecule has 4 aromatic carbocycles. The second-order valence-electron chi connectivity index (χ2n) is 12.9. The SMILES string of the molecule is O=C(Nc1ccc(-c2[nH]c3ccc(NC(=O)[C@@H]4CCCN4C(=O)Cc4ccccc4)cc3c2Cl)cc1)[C@@H]1CCCN1C(=O)Cc1ccccc1. The van der Waals surface area contributed by atoms with Crippen LogP contribution in [0.3, 0.4) is 0 Å². The summed E-state index contributed by atoms with van der Waals surface area (Å²) in [6.07, 6.45) is 3.35. The number of hydrogen-bond acceptors (Lipinski definition) is 4. The number of likely N-dealkylation sites (tertiary alicyclic amines) is 2. The Morgan fingerprint density at radius 2 is 1.16 bits per heavy atom. The average Bonchev–Trinajstić information content (AvgIpc) is 3.89. The predicted molar refractivity (Wildman–Crippen MR) is 196 cm³/mol. The minimum absolute atomic E-state index is 0.0465. The molecule has 1 aromatic heterocycles. The van der Waals surface area contributed by atoms with Gasteiger partial charge in [0.1, 0.15) is 12.1 Å². The number of nitrogens with zero attached hydrogens (tertiary/aromatic N) is 2. The lowest BCUT2D eigenvalue weighted by molar-refractivity contribution is -0.136. The molecule has 50 heavy (non-hydrogen) atoms. The Bertz CT molecular complexity index is 2030. The van der Waals surface area contributed by atoms with Crippen LogP contribution >= 0.6 is 11.6 Å². The third kappa shape index (κ3) is 7.14. The van der Waals surface area contributed by atoms with Crippen molar-refractivity contribution < 1.29 is 19.2 Å². The normalized spacial score (nSPS) is 17.2. The molecule has 2 aliphatic heterocycles. The minimum Gasteiger partial charge on any atom is -0.353 e. The van der Waals surface area contributed by atoms with E-state index in [1.807, 2.05) is 103 Å². The van der Waals surface area contributed by atoms with Crippen molar-refractivity contribution >= 4 is 57.5 Å². The molecule has 0 saturated carbocycles. The van der Waals surface area contributed by atoms with Crippen LogP contribution in [0.1, 0.15) is 36.8 Å². The summed E-state index contributed by atoms with van der Waals surface area (Å²) in [4.78, 5) is 59.4. The highest BCUT2D eigenvalue weighted by Crippen LogP contribution is 2.36. The number of carbonyl (C=O) groups excluding carboxylic acids is 4. The van der Waals surface area contributed by atoms with Crippen LogP contribution in [0.15, 0.2) is 103 Å². The second-order valence-corrected chi connectivity index (χ2v) is 13.3. The zero-order valence-electron chi connectivity index (χ0n) is 27.5. The Morgan fingerprint density at radius 1 is 0.660 bits per heavy atom. The molecule has 9 nitrogen and oxygen atoms in total. The van der Waals surface area contributed by atoms with Crippen LogP contribution in [0.25, 0.3) is 22.2 Å². The van der Waals surface area contributed by atoms with Crippen molar-refractivity contribution in [3.05, 3.63) is 119 Å². The summed E-state index contributed by atoms with van der Waals surface area (Å²) in [6.45, 7) is 1.13. The van der Waals surface area contributed by atoms with Gasteiger partial charge in [-0.1, -0.05) is 84.4 Å². The van der Waals surface area contributed by atoms with Crippen LogP contribution in [0, 0.1) is 0 Å². The van der Waals surface area contributed by atoms with Gasteiger partial charge < -0.3 is 25.4 Å². The highest BCUT2D eigenvalue weighted by atomic mass is 35.5. The standard InChI is InChI=1S/C40H38ClN5O4/c41-37-31-25-30(43-40(50)34-14-8-22-46(34)36(48)24-27-11-5-2-6-12-27)19-20-32(31)44-38(37)28-15-17-29(18-16-28)42-39(49)33-13-7-21-45(33)35(47)23-26-9-3-1-4-10-26/h1-6,9-12,15-20,25,33-34,44H,7-8,13-14,21-24H2,(H,42,49)(H,43,50)/t33-,34-/m0/s1. The number of halogens is 1. The molecule has 0 unspecified atom stereocenters. The number of amides is 4. The monoisotopic (exact) mass is 687 g/mol. The molecule has 0 spiro atoms. The number of rotatable bonds is 9. The number of aromatic nitrogens is 1. The van der Waals surface area contributed by atoms with E-state index in [0.29, 0.717) is 48.0 Å². The highest BCUT2D eigenvalue weighted by Gasteiger charge is 2.35. The summed E-state index contributed by atoms with van der Waals surface area (Å²) in [6, 6.07) is 31.0. The Labute approximate surface area is 295 Å². The highest BCUT2D eigenvalue weighted by molar-refractivity contribution is 6.38. The van der Waals surface area contributed by atoms with Gasteiger partial charge in [0, 0.05) is 35.4 Å². The van der Waals surface area contributed by atoms with Crippen molar-refractivity contribution in [2.45, 2.75) is 50.6 Å². The van der Waals surface area contributed by atoms with Gasteiger partial charge in [0.15, 0.2) is 0 Å². The van der Waals surface area contributed by atoms with Crippen LogP contribution in [-0.2, 0) is 32.0 Å². The van der Waals surface area contributed by atoms with Crippen molar-refractivity contribution in [2.75, 3.05) is 23.7 Å². The molecule has 2 aliphatic rings. The number of hydrogen-bond donors (Lipinski definition) is 3. The molecule has 4 amide bonds. The molecule has 3 N–H and O–H groups in total. The lowest BCUT2D eigenvalue weighted by Gasteiger charge is -2.24. The predicted octanol–water partition coefficient (Wildman–Crippen LogP) is 6.83. The molecule has 0 bridgehead atoms. The van der Waals surface area contributed by atoms with Crippen molar-refractivity contribution in [1.29, 1.82) is 0 Å². The molecule has 0 aliphatic carbocycles. The van der Waals surface area contributed by atoms with Gasteiger partial charge in [0.2, 0.25) is 23.6 Å². The Hall–Kier alpha value is -5.41. The molecular weight excluding hydrogens is 650 g/mol. The first-order chi connectivity index (χ1) is 24.3. The molecule has 3 heterocycles. The van der Waals surface area contributed by atoms with Crippen LogP contribution < -0.4 is 10.6 Å². The maximum Gasteiger partial charge on any atom is 0.247 e. The second kappa shape index (κ2) is 14.6. The zero-order chi connectivity index (χ0) is 34.6. The number of carbonyl (C=O) groups is 4. The number of aromatic amines is 1. The number of anilines is 2. The fraction of sp³-hybridized carbons (Fsp3) is 0.250. The fourth-order valence-corrected chi connectivity index (χ4v) is 7.34. The largest absolute Gasteiger partial charge is 0.353 e. The van der Waals surface area contributed by atoms with Gasteiger partial charge in [0.25, 0.3) is 0 Å². The molecule has 7 rings (SSSR count). The van der Waals surface area contributed by atoms with E-state index in [0.717, 1.165) is 40.4 Å². The lowest BCUT2D eigenvalue weighted by atomic mass is 10.1. The maximum atomic E-state index is 13.4. The van der Waals surface area contributed by atoms with E-state index in [4.69, 9.17) is 11.6 Å². The van der Waals surface area contributed by atoms with E-state index < -0.39 is 12.1 Å². The minimum atomic E-state index is -0.523. The van der Waals surface area contributed by atoms with Crippen LogP contribution in [0.2, 0.25) is 5.02 Å². The number of H-pyrrole nitrogens is 1. The Kier molecular flexibility index (Phi) is 9.67. The summed E-state index contributed by atoms with van der Waals surface area (Å²) < 4.78 is 0. The topological polar surface area (TPSA) is 115 Å². The van der Waals surface area contributed by atoms with E-state index in [1.165, 1.54) is 0 Å². The van der Waals surface area contributed by atoms with Gasteiger partial charge in [-0.25, -0.2) is 0 Å². The van der Waals surface area contributed by atoms with Crippen LogP contribution in [-0.4, -0.2) is 63.6 Å².